The molecule has 278 valence electrons. The minimum atomic E-state index is -4.80. The van der Waals surface area contributed by atoms with Gasteiger partial charge >= 0.3 is 13.8 Å². The van der Waals surface area contributed by atoms with E-state index in [1.807, 2.05) is 12.1 Å². The highest BCUT2D eigenvalue weighted by Crippen LogP contribution is 2.36. The van der Waals surface area contributed by atoms with Crippen LogP contribution in [0.3, 0.4) is 0 Å². The Morgan fingerprint density at radius 1 is 1.00 bits per heavy atom. The van der Waals surface area contributed by atoms with Gasteiger partial charge in [0.15, 0.2) is 0 Å². The zero-order chi connectivity index (χ0) is 35.3. The first-order valence-electron chi connectivity index (χ1n) is 16.1. The van der Waals surface area contributed by atoms with Gasteiger partial charge in [-0.15, -0.1) is 0 Å². The predicted octanol–water partition coefficient (Wildman–Crippen LogP) is 3.48. The zero-order valence-corrected chi connectivity index (χ0v) is 29.0. The molecule has 3 aromatic rings. The molecule has 2 saturated heterocycles. The number of benzene rings is 1. The maximum absolute atomic E-state index is 14.0. The number of hydrogen-bond acceptors (Lipinski definition) is 10. The Bertz CT molecular complexity index is 1820. The largest absolute Gasteiger partial charge is 0.451 e. The van der Waals surface area contributed by atoms with Crippen molar-refractivity contribution in [3.63, 3.8) is 0 Å². The van der Waals surface area contributed by atoms with E-state index in [1.165, 1.54) is 6.07 Å². The molecular formula is C33H43F3N7O6PS. The third-order valence-corrected chi connectivity index (χ3v) is 9.86. The second kappa shape index (κ2) is 17.5. The summed E-state index contributed by atoms with van der Waals surface area (Å²) < 4.78 is 53.1. The second-order valence-electron chi connectivity index (χ2n) is 12.4. The molecule has 0 saturated carbocycles. The van der Waals surface area contributed by atoms with Gasteiger partial charge in [-0.3, -0.25) is 18.9 Å². The van der Waals surface area contributed by atoms with Crippen LogP contribution >= 0.6 is 21.1 Å². The van der Waals surface area contributed by atoms with Crippen molar-refractivity contribution in [1.29, 1.82) is 5.26 Å². The molecule has 0 aliphatic carbocycles. The van der Waals surface area contributed by atoms with Crippen LogP contribution in [0.4, 0.5) is 30.5 Å². The van der Waals surface area contributed by atoms with Gasteiger partial charge in [0, 0.05) is 44.4 Å². The summed E-state index contributed by atoms with van der Waals surface area (Å²) in [6.45, 7) is 1.88. The first kappa shape index (κ1) is 41.5. The van der Waals surface area contributed by atoms with Crippen LogP contribution in [0, 0.1) is 17.2 Å². The molecule has 0 radical (unpaired) electrons. The number of alkyl halides is 3. The number of anilines is 3. The zero-order valence-electron chi connectivity index (χ0n) is 27.1. The lowest BCUT2D eigenvalue weighted by Crippen LogP contribution is -2.44. The first-order chi connectivity index (χ1) is 23.2. The summed E-state index contributed by atoms with van der Waals surface area (Å²) in [5, 5.41) is 14.8. The molecule has 2 aliphatic rings. The van der Waals surface area contributed by atoms with Crippen molar-refractivity contribution >= 4 is 44.3 Å². The lowest BCUT2D eigenvalue weighted by atomic mass is 9.93. The summed E-state index contributed by atoms with van der Waals surface area (Å²) in [6.07, 6.45) is -2.05. The van der Waals surface area contributed by atoms with E-state index >= 15 is 0 Å². The van der Waals surface area contributed by atoms with Crippen molar-refractivity contribution in [1.82, 2.24) is 15.3 Å². The molecule has 2 aromatic carbocycles. The number of nitrogens with zero attached hydrogens (tertiary/aromatic N) is 5. The molecule has 51 heavy (non-hydrogen) atoms. The van der Waals surface area contributed by atoms with Crippen LogP contribution in [0.5, 0.6) is 0 Å². The van der Waals surface area contributed by atoms with Crippen LogP contribution < -0.4 is 31.3 Å². The molecule has 4 N–H and O–H groups in total. The van der Waals surface area contributed by atoms with Crippen LogP contribution in [0.1, 0.15) is 62.0 Å². The lowest BCUT2D eigenvalue weighted by molar-refractivity contribution is -0.144. The van der Waals surface area contributed by atoms with E-state index < -0.39 is 42.7 Å². The highest BCUT2D eigenvalue weighted by atomic mass is 32.1. The normalized spacial score (nSPS) is 16.7. The summed E-state index contributed by atoms with van der Waals surface area (Å²) in [4.78, 5) is 66.2. The number of aromatic nitrogens is 2. The van der Waals surface area contributed by atoms with Crippen LogP contribution in [0.25, 0.3) is 0 Å². The van der Waals surface area contributed by atoms with E-state index in [0.717, 1.165) is 5.56 Å². The molecule has 13 nitrogen and oxygen atoms in total. The molecule has 18 heteroatoms. The number of amides is 1. The third-order valence-electron chi connectivity index (χ3n) is 9.05. The molecule has 3 heterocycles. The van der Waals surface area contributed by atoms with Crippen molar-refractivity contribution in [3.8, 4) is 6.07 Å². The number of rotatable bonds is 13. The monoisotopic (exact) mass is 753 g/mol. The molecular weight excluding hydrogens is 710 g/mol. The van der Waals surface area contributed by atoms with Crippen molar-refractivity contribution in [2.75, 3.05) is 54.0 Å². The highest BCUT2D eigenvalue weighted by molar-refractivity contribution is 7.59. The van der Waals surface area contributed by atoms with Gasteiger partial charge in [-0.2, -0.15) is 31.9 Å². The average molecular weight is 754 g/mol. The van der Waals surface area contributed by atoms with E-state index in [9.17, 15) is 32.1 Å². The fourth-order valence-corrected chi connectivity index (χ4v) is 6.85. The third kappa shape index (κ3) is 10.5. The van der Waals surface area contributed by atoms with Gasteiger partial charge in [-0.05, 0) is 68.6 Å². The van der Waals surface area contributed by atoms with Crippen LogP contribution in [0.15, 0.2) is 39.9 Å². The smallest absolute Gasteiger partial charge is 0.381 e. The maximum Gasteiger partial charge on any atom is 0.451 e. The summed E-state index contributed by atoms with van der Waals surface area (Å²) in [5.74, 6) is -1.24. The molecule has 0 bridgehead atoms. The topological polar surface area (TPSA) is 189 Å². The highest BCUT2D eigenvalue weighted by Gasteiger charge is 2.39. The van der Waals surface area contributed by atoms with Crippen molar-refractivity contribution in [3.05, 3.63) is 73.3 Å². The van der Waals surface area contributed by atoms with E-state index in [2.05, 4.69) is 26.7 Å². The lowest BCUT2D eigenvalue weighted by Gasteiger charge is -2.34. The summed E-state index contributed by atoms with van der Waals surface area (Å²) in [6, 6.07) is 9.87. The molecule has 2 fully saturated rings. The number of carbonyl (C=O) groups is 1. The number of carbonyl (C=O) groups excluding carboxylic acids is 1. The van der Waals surface area contributed by atoms with Gasteiger partial charge in [-0.1, -0.05) is 19.6 Å². The first-order valence-corrected chi connectivity index (χ1v) is 17.9. The molecule has 2 aliphatic heterocycles. The fourth-order valence-electron chi connectivity index (χ4n) is 6.34. The number of hydrogen-bond donors (Lipinski definition) is 4. The average Bonchev–Trinajstić information content (AvgIpc) is 3.57. The Kier molecular flexibility index (Phi) is 14.2. The van der Waals surface area contributed by atoms with Gasteiger partial charge in [0.1, 0.15) is 17.7 Å². The quantitative estimate of drug-likeness (QED) is 0.147. The Hall–Kier alpha value is -3.97. The molecule has 0 spiro atoms. The van der Waals surface area contributed by atoms with Crippen LogP contribution in [-0.4, -0.2) is 70.6 Å². The predicted molar refractivity (Wildman–Crippen MR) is 192 cm³/mol. The number of piperidine rings is 1. The van der Waals surface area contributed by atoms with Gasteiger partial charge < -0.3 is 30.2 Å². The molecule has 0 unspecified atom stereocenters. The van der Waals surface area contributed by atoms with E-state index in [-0.39, 0.29) is 62.1 Å². The van der Waals surface area contributed by atoms with Crippen molar-refractivity contribution in [2.45, 2.75) is 64.6 Å². The minimum absolute atomic E-state index is 0. The Balaban J connectivity index is 0.00000351. The van der Waals surface area contributed by atoms with Gasteiger partial charge in [0.05, 0.1) is 23.5 Å². The SMILES string of the molecule is C.N#Cc1ccc(CCNC(=O)[C@@H]2CCCN2c2cc(N3CCC(CCNc4c(CCP(=O)(O)O)c(=O)c4=O)CC3)nc(C(F)(F)F)n2)cc1.S. The van der Waals surface area contributed by atoms with Gasteiger partial charge in [0.25, 0.3) is 0 Å². The maximum atomic E-state index is 14.0. The number of nitriles is 1. The number of halogens is 3. The Morgan fingerprint density at radius 2 is 1.67 bits per heavy atom. The number of nitrogens with one attached hydrogen (secondary N) is 2. The van der Waals surface area contributed by atoms with Crippen molar-refractivity contribution in [2.24, 2.45) is 5.92 Å². The fraction of sp³-hybridized carbons (Fsp3) is 0.515. The van der Waals surface area contributed by atoms with E-state index in [1.54, 1.807) is 21.9 Å². The summed E-state index contributed by atoms with van der Waals surface area (Å²) in [7, 11) is -4.33. The minimum Gasteiger partial charge on any atom is -0.381 e. The van der Waals surface area contributed by atoms with Crippen LogP contribution in [-0.2, 0) is 28.4 Å². The molecule has 5 rings (SSSR count). The summed E-state index contributed by atoms with van der Waals surface area (Å²) >= 11 is 0. The van der Waals surface area contributed by atoms with E-state index in [4.69, 9.17) is 15.0 Å². The Labute approximate surface area is 300 Å². The van der Waals surface area contributed by atoms with E-state index in [0.29, 0.717) is 76.8 Å². The second-order valence-corrected chi connectivity index (χ2v) is 14.2. The van der Waals surface area contributed by atoms with Crippen LogP contribution in [0.2, 0.25) is 0 Å². The molecule has 1 aromatic heterocycles. The standard InChI is InChI=1S/C32H37F3N7O6P.CH4.H2S/c33-32(34,35)31-39-25(41-15-9-21(10-16-41)7-12-37-27-23(28(43)29(27)44)11-17-49(46,47)48)18-26(40-31)42-14-1-2-24(42)30(45)38-13-8-20-3-5-22(19-36)6-4-20;;/h3-6,18,21,24,37H,1-2,7-17H2,(H,38,45)(H2,46,47,48);1H4;1H2/t24-;;/m0../s1. The Morgan fingerprint density at radius 3 is 2.29 bits per heavy atom. The van der Waals surface area contributed by atoms with Crippen molar-refractivity contribution < 1.29 is 32.3 Å². The molecule has 1 amide bonds. The van der Waals surface area contributed by atoms with Gasteiger partial charge in [-0.25, -0.2) is 9.97 Å². The van der Waals surface area contributed by atoms with Gasteiger partial charge in [0.2, 0.25) is 22.6 Å². The summed E-state index contributed by atoms with van der Waals surface area (Å²) in [5.41, 5.74) is 0.187. The molecule has 1 atom stereocenters.